The number of rotatable bonds is 5. The molecule has 1 atom stereocenters. The molecule has 0 aliphatic heterocycles. The third-order valence-corrected chi connectivity index (χ3v) is 4.04. The first kappa shape index (κ1) is 15.5. The van der Waals surface area contributed by atoms with E-state index in [0.717, 1.165) is 29.1 Å². The van der Waals surface area contributed by atoms with Crippen LogP contribution in [0.5, 0.6) is 0 Å². The normalized spacial score (nSPS) is 12.7. The van der Waals surface area contributed by atoms with Crippen LogP contribution in [0.15, 0.2) is 45.5 Å². The van der Waals surface area contributed by atoms with E-state index in [1.165, 1.54) is 5.56 Å². The van der Waals surface area contributed by atoms with Crippen molar-refractivity contribution >= 4 is 0 Å². The molecule has 0 aliphatic carbocycles. The Balaban J connectivity index is 1.88. The molecule has 2 aromatic heterocycles. The molecule has 0 saturated heterocycles. The van der Waals surface area contributed by atoms with Crippen LogP contribution < -0.4 is 0 Å². The molecule has 2 heterocycles. The van der Waals surface area contributed by atoms with Crippen LogP contribution in [0.1, 0.15) is 55.3 Å². The number of aromatic nitrogens is 2. The van der Waals surface area contributed by atoms with E-state index >= 15 is 0 Å². The average molecular weight is 310 g/mol. The molecule has 4 nitrogen and oxygen atoms in total. The van der Waals surface area contributed by atoms with Gasteiger partial charge in [0.1, 0.15) is 12.0 Å². The molecule has 0 bridgehead atoms. The average Bonchev–Trinajstić information content (AvgIpc) is 3.17. The Kier molecular flexibility index (Phi) is 4.33. The van der Waals surface area contributed by atoms with Gasteiger partial charge in [-0.15, -0.1) is 0 Å². The van der Waals surface area contributed by atoms with Crippen molar-refractivity contribution in [2.45, 2.75) is 46.0 Å². The van der Waals surface area contributed by atoms with E-state index in [4.69, 9.17) is 8.94 Å². The van der Waals surface area contributed by atoms with E-state index < -0.39 is 0 Å². The van der Waals surface area contributed by atoms with E-state index in [9.17, 15) is 0 Å². The van der Waals surface area contributed by atoms with E-state index in [-0.39, 0.29) is 5.92 Å². The fraction of sp³-hybridized carbons (Fsp3) is 0.368. The summed E-state index contributed by atoms with van der Waals surface area (Å²) in [6.07, 6.45) is 2.61. The van der Waals surface area contributed by atoms with Crippen LogP contribution in [-0.4, -0.2) is 10.1 Å². The van der Waals surface area contributed by atoms with Crippen molar-refractivity contribution < 1.29 is 8.94 Å². The van der Waals surface area contributed by atoms with Crippen LogP contribution in [0.3, 0.4) is 0 Å². The number of nitrogens with zero attached hydrogens (tertiary/aromatic N) is 2. The van der Waals surface area contributed by atoms with Crippen molar-refractivity contribution in [3.63, 3.8) is 0 Å². The fourth-order valence-electron chi connectivity index (χ4n) is 2.63. The number of benzene rings is 1. The van der Waals surface area contributed by atoms with Crippen molar-refractivity contribution in [3.05, 3.63) is 59.3 Å². The van der Waals surface area contributed by atoms with E-state index in [1.807, 2.05) is 25.1 Å². The SMILES string of the molecule is Cc1cc(C(C)Cc2ccccc2-c2nc(C(C)C)co2)no1. The van der Waals surface area contributed by atoms with Gasteiger partial charge in [0, 0.05) is 17.5 Å². The van der Waals surface area contributed by atoms with Gasteiger partial charge in [-0.05, 0) is 30.9 Å². The first-order valence-electron chi connectivity index (χ1n) is 8.01. The molecular formula is C19H22N2O2. The van der Waals surface area contributed by atoms with Crippen molar-refractivity contribution in [1.82, 2.24) is 10.1 Å². The summed E-state index contributed by atoms with van der Waals surface area (Å²) >= 11 is 0. The maximum atomic E-state index is 5.70. The van der Waals surface area contributed by atoms with Crippen LogP contribution in [0, 0.1) is 6.92 Å². The third kappa shape index (κ3) is 3.36. The lowest BCUT2D eigenvalue weighted by molar-refractivity contribution is 0.386. The number of aryl methyl sites for hydroxylation is 1. The molecule has 0 saturated carbocycles. The van der Waals surface area contributed by atoms with Crippen molar-refractivity contribution in [2.24, 2.45) is 0 Å². The standard InChI is InChI=1S/C19H22N2O2/c1-12(2)18-11-22-19(20-18)16-8-6-5-7-15(16)9-13(3)17-10-14(4)23-21-17/h5-8,10-13H,9H2,1-4H3. The zero-order chi connectivity index (χ0) is 16.4. The largest absolute Gasteiger partial charge is 0.444 e. The summed E-state index contributed by atoms with van der Waals surface area (Å²) in [6, 6.07) is 10.2. The van der Waals surface area contributed by atoms with Gasteiger partial charge in [0.05, 0.1) is 11.4 Å². The lowest BCUT2D eigenvalue weighted by Crippen LogP contribution is -2.00. The lowest BCUT2D eigenvalue weighted by atomic mass is 9.94. The summed E-state index contributed by atoms with van der Waals surface area (Å²) in [4.78, 5) is 4.62. The van der Waals surface area contributed by atoms with Crippen LogP contribution in [0.25, 0.3) is 11.5 Å². The third-order valence-electron chi connectivity index (χ3n) is 4.04. The second-order valence-electron chi connectivity index (χ2n) is 6.36. The molecule has 1 unspecified atom stereocenters. The Morgan fingerprint density at radius 2 is 1.87 bits per heavy atom. The fourth-order valence-corrected chi connectivity index (χ4v) is 2.63. The van der Waals surface area contributed by atoms with Gasteiger partial charge < -0.3 is 8.94 Å². The molecule has 4 heteroatoms. The second kappa shape index (κ2) is 6.41. The van der Waals surface area contributed by atoms with E-state index in [1.54, 1.807) is 6.26 Å². The summed E-state index contributed by atoms with van der Waals surface area (Å²) in [5.41, 5.74) is 4.21. The van der Waals surface area contributed by atoms with Gasteiger partial charge in [-0.25, -0.2) is 4.98 Å². The monoisotopic (exact) mass is 310 g/mol. The maximum absolute atomic E-state index is 5.70. The van der Waals surface area contributed by atoms with Gasteiger partial charge in [0.25, 0.3) is 0 Å². The van der Waals surface area contributed by atoms with Crippen molar-refractivity contribution in [2.75, 3.05) is 0 Å². The van der Waals surface area contributed by atoms with Crippen LogP contribution in [0.4, 0.5) is 0 Å². The van der Waals surface area contributed by atoms with E-state index in [2.05, 4.69) is 43.0 Å². The highest BCUT2D eigenvalue weighted by Crippen LogP contribution is 2.29. The Morgan fingerprint density at radius 1 is 1.09 bits per heavy atom. The molecule has 120 valence electrons. The lowest BCUT2D eigenvalue weighted by Gasteiger charge is -2.11. The highest BCUT2D eigenvalue weighted by molar-refractivity contribution is 5.59. The second-order valence-corrected chi connectivity index (χ2v) is 6.36. The molecule has 3 aromatic rings. The van der Waals surface area contributed by atoms with Gasteiger partial charge in [-0.3, -0.25) is 0 Å². The van der Waals surface area contributed by atoms with Gasteiger partial charge in [0.15, 0.2) is 0 Å². The number of hydrogen-bond donors (Lipinski definition) is 0. The zero-order valence-electron chi connectivity index (χ0n) is 14.0. The first-order chi connectivity index (χ1) is 11.0. The summed E-state index contributed by atoms with van der Waals surface area (Å²) in [6.45, 7) is 8.30. The maximum Gasteiger partial charge on any atom is 0.226 e. The molecular weight excluding hydrogens is 288 g/mol. The minimum absolute atomic E-state index is 0.271. The molecule has 0 spiro atoms. The topological polar surface area (TPSA) is 52.1 Å². The molecule has 0 fully saturated rings. The van der Waals surface area contributed by atoms with E-state index in [0.29, 0.717) is 11.8 Å². The van der Waals surface area contributed by atoms with Gasteiger partial charge >= 0.3 is 0 Å². The highest BCUT2D eigenvalue weighted by Gasteiger charge is 2.17. The Bertz CT molecular complexity index is 786. The summed E-state index contributed by atoms with van der Waals surface area (Å²) < 4.78 is 10.9. The summed E-state index contributed by atoms with van der Waals surface area (Å²) in [5, 5.41) is 4.13. The van der Waals surface area contributed by atoms with Crippen LogP contribution in [0.2, 0.25) is 0 Å². The minimum Gasteiger partial charge on any atom is -0.444 e. The highest BCUT2D eigenvalue weighted by atomic mass is 16.5. The Morgan fingerprint density at radius 3 is 2.52 bits per heavy atom. The van der Waals surface area contributed by atoms with Crippen LogP contribution in [-0.2, 0) is 6.42 Å². The minimum atomic E-state index is 0.271. The molecule has 1 aromatic carbocycles. The van der Waals surface area contributed by atoms with Gasteiger partial charge in [-0.1, -0.05) is 44.1 Å². The van der Waals surface area contributed by atoms with Gasteiger partial charge in [0.2, 0.25) is 5.89 Å². The van der Waals surface area contributed by atoms with Crippen molar-refractivity contribution in [1.29, 1.82) is 0 Å². The number of hydrogen-bond acceptors (Lipinski definition) is 4. The van der Waals surface area contributed by atoms with Crippen molar-refractivity contribution in [3.8, 4) is 11.5 Å². The smallest absolute Gasteiger partial charge is 0.226 e. The molecule has 3 rings (SSSR count). The quantitative estimate of drug-likeness (QED) is 0.657. The number of oxazole rings is 1. The molecule has 0 N–H and O–H groups in total. The summed E-state index contributed by atoms with van der Waals surface area (Å²) in [7, 11) is 0. The predicted octanol–water partition coefficient (Wildman–Crippen LogP) is 5.11. The zero-order valence-corrected chi connectivity index (χ0v) is 14.0. The molecule has 0 amide bonds. The summed E-state index contributed by atoms with van der Waals surface area (Å²) in [5.74, 6) is 2.16. The Labute approximate surface area is 136 Å². The molecule has 0 aliphatic rings. The Hall–Kier alpha value is -2.36. The predicted molar refractivity (Wildman–Crippen MR) is 89.4 cm³/mol. The molecule has 23 heavy (non-hydrogen) atoms. The van der Waals surface area contributed by atoms with Gasteiger partial charge in [-0.2, -0.15) is 0 Å². The van der Waals surface area contributed by atoms with Crippen LogP contribution >= 0.6 is 0 Å². The molecule has 0 radical (unpaired) electrons. The first-order valence-corrected chi connectivity index (χ1v) is 8.01.